The number of hydrogen-bond donors (Lipinski definition) is 0. The van der Waals surface area contributed by atoms with Gasteiger partial charge in [-0.1, -0.05) is 36.0 Å². The van der Waals surface area contributed by atoms with Crippen molar-refractivity contribution < 1.29 is 0 Å². The molecule has 3 aromatic rings. The van der Waals surface area contributed by atoms with Crippen LogP contribution in [-0.2, 0) is 5.75 Å². The second-order valence-electron chi connectivity index (χ2n) is 3.92. The summed E-state index contributed by atoms with van der Waals surface area (Å²) >= 11 is 1.58. The third-order valence-electron chi connectivity index (χ3n) is 2.57. The van der Waals surface area contributed by atoms with Gasteiger partial charge in [0.05, 0.1) is 11.4 Å². The van der Waals surface area contributed by atoms with E-state index >= 15 is 0 Å². The summed E-state index contributed by atoms with van der Waals surface area (Å²) in [6.07, 6.45) is 3.53. The second kappa shape index (κ2) is 5.67. The lowest BCUT2D eigenvalue weighted by atomic mass is 10.3. The van der Waals surface area contributed by atoms with Gasteiger partial charge in [-0.15, -0.1) is 5.10 Å². The van der Waals surface area contributed by atoms with Crippen molar-refractivity contribution in [2.45, 2.75) is 10.9 Å². The minimum atomic E-state index is 0.759. The standard InChI is InChI=1S/C14H12N4S/c1-2-7-13(8-3-1)18-11-16-14(17-18)19-10-12-6-4-5-9-15-12/h1-9,11H,10H2. The van der Waals surface area contributed by atoms with Crippen LogP contribution in [0.5, 0.6) is 0 Å². The molecule has 94 valence electrons. The molecule has 0 aliphatic heterocycles. The van der Waals surface area contributed by atoms with E-state index in [1.807, 2.05) is 48.5 Å². The van der Waals surface area contributed by atoms with E-state index in [0.29, 0.717) is 0 Å². The summed E-state index contributed by atoms with van der Waals surface area (Å²) in [5, 5.41) is 5.20. The molecule has 0 saturated carbocycles. The van der Waals surface area contributed by atoms with Gasteiger partial charge in [0.2, 0.25) is 5.16 Å². The van der Waals surface area contributed by atoms with Crippen LogP contribution in [-0.4, -0.2) is 19.7 Å². The van der Waals surface area contributed by atoms with Crippen LogP contribution in [0.4, 0.5) is 0 Å². The summed E-state index contributed by atoms with van der Waals surface area (Å²) in [5.41, 5.74) is 2.04. The molecule has 2 heterocycles. The molecular formula is C14H12N4S. The Morgan fingerprint density at radius 3 is 2.58 bits per heavy atom. The van der Waals surface area contributed by atoms with Crippen LogP contribution in [0, 0.1) is 0 Å². The monoisotopic (exact) mass is 268 g/mol. The lowest BCUT2D eigenvalue weighted by molar-refractivity contribution is 0.834. The van der Waals surface area contributed by atoms with E-state index in [1.54, 1.807) is 29.0 Å². The van der Waals surface area contributed by atoms with Gasteiger partial charge in [-0.05, 0) is 24.3 Å². The fourth-order valence-corrected chi connectivity index (χ4v) is 2.36. The third-order valence-corrected chi connectivity index (χ3v) is 3.45. The molecule has 0 fully saturated rings. The molecule has 0 spiro atoms. The number of benzene rings is 1. The Kier molecular flexibility index (Phi) is 3.56. The molecule has 0 atom stereocenters. The molecule has 0 radical (unpaired) electrons. The number of aromatic nitrogens is 4. The Labute approximate surface area is 115 Å². The average molecular weight is 268 g/mol. The molecule has 3 rings (SSSR count). The molecule has 0 aliphatic carbocycles. The first kappa shape index (κ1) is 11.9. The smallest absolute Gasteiger partial charge is 0.209 e. The Morgan fingerprint density at radius 1 is 0.947 bits per heavy atom. The molecule has 0 unspecified atom stereocenters. The van der Waals surface area contributed by atoms with Crippen LogP contribution >= 0.6 is 11.8 Å². The van der Waals surface area contributed by atoms with Crippen molar-refractivity contribution in [2.24, 2.45) is 0 Å². The normalized spacial score (nSPS) is 10.5. The number of pyridine rings is 1. The maximum Gasteiger partial charge on any atom is 0.209 e. The largest absolute Gasteiger partial charge is 0.260 e. The number of nitrogens with zero attached hydrogens (tertiary/aromatic N) is 4. The van der Waals surface area contributed by atoms with Gasteiger partial charge in [0.1, 0.15) is 6.33 Å². The van der Waals surface area contributed by atoms with Crippen LogP contribution in [0.3, 0.4) is 0 Å². The summed E-state index contributed by atoms with van der Waals surface area (Å²) in [6, 6.07) is 15.9. The van der Waals surface area contributed by atoms with Gasteiger partial charge in [0.15, 0.2) is 0 Å². The highest BCUT2D eigenvalue weighted by molar-refractivity contribution is 7.98. The molecule has 2 aromatic heterocycles. The zero-order valence-corrected chi connectivity index (χ0v) is 11.0. The SMILES string of the molecule is c1ccc(-n2cnc(SCc3ccccn3)n2)cc1. The van der Waals surface area contributed by atoms with Gasteiger partial charge in [-0.3, -0.25) is 4.98 Å². The van der Waals surface area contributed by atoms with Gasteiger partial charge in [-0.25, -0.2) is 9.67 Å². The van der Waals surface area contributed by atoms with Crippen molar-refractivity contribution in [1.82, 2.24) is 19.7 Å². The van der Waals surface area contributed by atoms with Gasteiger partial charge in [0, 0.05) is 11.9 Å². The average Bonchev–Trinajstić information content (AvgIpc) is 2.96. The lowest BCUT2D eigenvalue weighted by Gasteiger charge is -1.98. The van der Waals surface area contributed by atoms with E-state index < -0.39 is 0 Å². The van der Waals surface area contributed by atoms with E-state index in [0.717, 1.165) is 22.3 Å². The topological polar surface area (TPSA) is 43.6 Å². The predicted molar refractivity (Wildman–Crippen MR) is 75.2 cm³/mol. The molecule has 0 bridgehead atoms. The van der Waals surface area contributed by atoms with Crippen LogP contribution in [0.1, 0.15) is 5.69 Å². The van der Waals surface area contributed by atoms with Crippen LogP contribution in [0.15, 0.2) is 66.2 Å². The quantitative estimate of drug-likeness (QED) is 0.682. The Balaban J connectivity index is 1.69. The van der Waals surface area contributed by atoms with Gasteiger partial charge in [0.25, 0.3) is 0 Å². The molecule has 1 aromatic carbocycles. The van der Waals surface area contributed by atoms with E-state index in [4.69, 9.17) is 0 Å². The van der Waals surface area contributed by atoms with Crippen molar-refractivity contribution >= 4 is 11.8 Å². The van der Waals surface area contributed by atoms with E-state index in [2.05, 4.69) is 15.1 Å². The van der Waals surface area contributed by atoms with E-state index in [9.17, 15) is 0 Å². The lowest BCUT2D eigenvalue weighted by Crippen LogP contribution is -1.93. The van der Waals surface area contributed by atoms with Crippen LogP contribution < -0.4 is 0 Å². The maximum absolute atomic E-state index is 4.44. The Bertz CT molecular complexity index is 637. The van der Waals surface area contributed by atoms with E-state index in [-0.39, 0.29) is 0 Å². The summed E-state index contributed by atoms with van der Waals surface area (Å²) < 4.78 is 1.78. The first-order valence-corrected chi connectivity index (χ1v) is 6.90. The van der Waals surface area contributed by atoms with Crippen molar-refractivity contribution in [1.29, 1.82) is 0 Å². The number of para-hydroxylation sites is 1. The van der Waals surface area contributed by atoms with E-state index in [1.165, 1.54) is 0 Å². The maximum atomic E-state index is 4.44. The molecular weight excluding hydrogens is 256 g/mol. The molecule has 19 heavy (non-hydrogen) atoms. The first-order valence-electron chi connectivity index (χ1n) is 5.91. The van der Waals surface area contributed by atoms with Crippen LogP contribution in [0.2, 0.25) is 0 Å². The highest BCUT2D eigenvalue weighted by Crippen LogP contribution is 2.18. The summed E-state index contributed by atoms with van der Waals surface area (Å²) in [7, 11) is 0. The molecule has 0 aliphatic rings. The summed E-state index contributed by atoms with van der Waals surface area (Å²) in [6.45, 7) is 0. The zero-order chi connectivity index (χ0) is 12.9. The highest BCUT2D eigenvalue weighted by atomic mass is 32.2. The molecule has 0 amide bonds. The van der Waals surface area contributed by atoms with Crippen molar-refractivity contribution in [3.63, 3.8) is 0 Å². The number of thioether (sulfide) groups is 1. The van der Waals surface area contributed by atoms with Crippen LogP contribution in [0.25, 0.3) is 5.69 Å². The minimum Gasteiger partial charge on any atom is -0.260 e. The van der Waals surface area contributed by atoms with Crippen molar-refractivity contribution in [3.8, 4) is 5.69 Å². The Hall–Kier alpha value is -2.14. The first-order chi connectivity index (χ1) is 9.42. The fourth-order valence-electron chi connectivity index (χ4n) is 1.64. The second-order valence-corrected chi connectivity index (χ2v) is 4.86. The zero-order valence-electron chi connectivity index (χ0n) is 10.2. The Morgan fingerprint density at radius 2 is 1.79 bits per heavy atom. The molecule has 0 saturated heterocycles. The van der Waals surface area contributed by atoms with Crippen molar-refractivity contribution in [2.75, 3.05) is 0 Å². The molecule has 5 heteroatoms. The summed E-state index contributed by atoms with van der Waals surface area (Å²) in [5.74, 6) is 0.777. The van der Waals surface area contributed by atoms with Gasteiger partial charge >= 0.3 is 0 Å². The number of hydrogen-bond acceptors (Lipinski definition) is 4. The molecule has 4 nitrogen and oxygen atoms in total. The van der Waals surface area contributed by atoms with Gasteiger partial charge in [-0.2, -0.15) is 0 Å². The summed E-state index contributed by atoms with van der Waals surface area (Å²) in [4.78, 5) is 8.57. The number of rotatable bonds is 4. The third kappa shape index (κ3) is 3.00. The van der Waals surface area contributed by atoms with Gasteiger partial charge < -0.3 is 0 Å². The minimum absolute atomic E-state index is 0.759. The fraction of sp³-hybridized carbons (Fsp3) is 0.0714. The van der Waals surface area contributed by atoms with Crippen molar-refractivity contribution in [3.05, 3.63) is 66.7 Å². The molecule has 0 N–H and O–H groups in total. The highest BCUT2D eigenvalue weighted by Gasteiger charge is 2.04. The predicted octanol–water partition coefficient (Wildman–Crippen LogP) is 2.95.